The third kappa shape index (κ3) is 3.57. The first-order chi connectivity index (χ1) is 11.4. The van der Waals surface area contributed by atoms with Gasteiger partial charge < -0.3 is 20.7 Å². The number of rotatable bonds is 4. The molecule has 3 rings (SSSR count). The zero-order valence-electron chi connectivity index (χ0n) is 12.8. The van der Waals surface area contributed by atoms with Gasteiger partial charge in [-0.15, -0.1) is 0 Å². The molecule has 0 radical (unpaired) electrons. The van der Waals surface area contributed by atoms with Gasteiger partial charge in [-0.05, 0) is 36.0 Å². The van der Waals surface area contributed by atoms with Crippen molar-refractivity contribution in [3.63, 3.8) is 0 Å². The first-order valence-corrected chi connectivity index (χ1v) is 9.66. The topological polar surface area (TPSA) is 128 Å². The number of nitrogens with two attached hydrogens (primary N) is 2. The number of anilines is 1. The lowest BCUT2D eigenvalue weighted by Gasteiger charge is -2.30. The zero-order valence-corrected chi connectivity index (χ0v) is 14.4. The van der Waals surface area contributed by atoms with E-state index in [1.807, 2.05) is 0 Å². The van der Waals surface area contributed by atoms with Crippen LogP contribution < -0.4 is 16.2 Å². The molecule has 1 atom stereocenters. The Hall–Kier alpha value is -1.59. The van der Waals surface area contributed by atoms with E-state index in [2.05, 4.69) is 10.2 Å². The molecular weight excluding hydrogens is 352 g/mol. The molecule has 0 bridgehead atoms. The molecule has 1 aromatic rings. The first kappa shape index (κ1) is 17.2. The summed E-state index contributed by atoms with van der Waals surface area (Å²) in [5.41, 5.74) is 7.26. The van der Waals surface area contributed by atoms with Gasteiger partial charge in [0.1, 0.15) is 11.1 Å². The van der Waals surface area contributed by atoms with E-state index in [0.29, 0.717) is 37.7 Å². The van der Waals surface area contributed by atoms with Gasteiger partial charge >= 0.3 is 0 Å². The Balaban J connectivity index is 1.85. The van der Waals surface area contributed by atoms with E-state index in [1.165, 1.54) is 12.1 Å². The van der Waals surface area contributed by atoms with Crippen LogP contribution in [0.2, 0.25) is 0 Å². The van der Waals surface area contributed by atoms with Crippen molar-refractivity contribution in [2.45, 2.75) is 10.9 Å². The normalized spacial score (nSPS) is 22.2. The summed E-state index contributed by atoms with van der Waals surface area (Å²) < 4.78 is 27.9. The monoisotopic (exact) mass is 370 g/mol. The van der Waals surface area contributed by atoms with Gasteiger partial charge in [0, 0.05) is 18.8 Å². The zero-order chi connectivity index (χ0) is 17.3. The molecule has 24 heavy (non-hydrogen) atoms. The number of sulfonamides is 1. The number of nitrogens with zero attached hydrogens (tertiary/aromatic N) is 1. The Morgan fingerprint density at radius 1 is 1.21 bits per heavy atom. The molecule has 0 aliphatic carbocycles. The molecule has 0 aromatic heterocycles. The molecular formula is C14H18N4O4S2. The lowest BCUT2D eigenvalue weighted by Crippen LogP contribution is -2.36. The minimum absolute atomic E-state index is 0.0246. The van der Waals surface area contributed by atoms with E-state index in [1.54, 1.807) is 12.1 Å². The maximum atomic E-state index is 12.0. The average Bonchev–Trinajstić information content (AvgIpc) is 2.84. The van der Waals surface area contributed by atoms with Gasteiger partial charge in [-0.1, -0.05) is 0 Å². The third-order valence-electron chi connectivity index (χ3n) is 3.75. The SMILES string of the molecule is NC1C(=O)SC(N2CCOCC2)=C1Nc1ccc(S(N)(=O)=O)cc1. The number of morpholine rings is 1. The molecule has 10 heteroatoms. The van der Waals surface area contributed by atoms with Crippen LogP contribution in [0.15, 0.2) is 39.9 Å². The summed E-state index contributed by atoms with van der Waals surface area (Å²) in [6.45, 7) is 2.59. The lowest BCUT2D eigenvalue weighted by atomic mass is 10.2. The molecule has 8 nitrogen and oxygen atoms in total. The molecule has 1 saturated heterocycles. The van der Waals surface area contributed by atoms with Crippen LogP contribution in [-0.4, -0.2) is 50.8 Å². The average molecular weight is 370 g/mol. The van der Waals surface area contributed by atoms with E-state index in [4.69, 9.17) is 15.6 Å². The molecule has 2 aliphatic heterocycles. The number of benzene rings is 1. The Kier molecular flexibility index (Phi) is 4.83. The second-order valence-corrected chi connectivity index (χ2v) is 7.97. The standard InChI is InChI=1S/C14H18N4O4S2/c15-11-12(13(23-14(11)19)18-5-7-22-8-6-18)17-9-1-3-10(4-2-9)24(16,20)21/h1-4,11,17H,5-8,15H2,(H2,16,20,21). The fourth-order valence-electron chi connectivity index (χ4n) is 2.48. The largest absolute Gasteiger partial charge is 0.378 e. The predicted molar refractivity (Wildman–Crippen MR) is 91.4 cm³/mol. The number of carbonyl (C=O) groups is 1. The maximum Gasteiger partial charge on any atom is 0.238 e. The van der Waals surface area contributed by atoms with Crippen molar-refractivity contribution in [1.82, 2.24) is 4.90 Å². The number of hydrogen-bond donors (Lipinski definition) is 3. The quantitative estimate of drug-likeness (QED) is 0.667. The summed E-state index contributed by atoms with van der Waals surface area (Å²) >= 11 is 1.12. The first-order valence-electron chi connectivity index (χ1n) is 7.30. The van der Waals surface area contributed by atoms with Crippen molar-refractivity contribution in [1.29, 1.82) is 0 Å². The van der Waals surface area contributed by atoms with Gasteiger partial charge in [-0.3, -0.25) is 4.79 Å². The van der Waals surface area contributed by atoms with Gasteiger partial charge in [0.15, 0.2) is 0 Å². The minimum atomic E-state index is -3.74. The summed E-state index contributed by atoms with van der Waals surface area (Å²) in [4.78, 5) is 14.1. The number of primary sulfonamides is 1. The van der Waals surface area contributed by atoms with Crippen LogP contribution in [0, 0.1) is 0 Å². The number of thioether (sulfide) groups is 1. The molecule has 130 valence electrons. The van der Waals surface area contributed by atoms with Crippen molar-refractivity contribution < 1.29 is 17.9 Å². The van der Waals surface area contributed by atoms with Crippen molar-refractivity contribution >= 4 is 32.6 Å². The Morgan fingerprint density at radius 2 is 1.83 bits per heavy atom. The number of hydrogen-bond acceptors (Lipinski definition) is 8. The van der Waals surface area contributed by atoms with E-state index in [0.717, 1.165) is 16.8 Å². The highest BCUT2D eigenvalue weighted by Gasteiger charge is 2.35. The summed E-state index contributed by atoms with van der Waals surface area (Å²) in [6.07, 6.45) is 0. The van der Waals surface area contributed by atoms with Crippen molar-refractivity contribution in [3.8, 4) is 0 Å². The summed E-state index contributed by atoms with van der Waals surface area (Å²) in [6, 6.07) is 5.24. The fourth-order valence-corrected chi connectivity index (χ4v) is 4.03. The van der Waals surface area contributed by atoms with Crippen LogP contribution in [0.4, 0.5) is 5.69 Å². The minimum Gasteiger partial charge on any atom is -0.378 e. The van der Waals surface area contributed by atoms with Crippen LogP contribution in [0.3, 0.4) is 0 Å². The van der Waals surface area contributed by atoms with Gasteiger partial charge in [-0.2, -0.15) is 0 Å². The van der Waals surface area contributed by atoms with Gasteiger partial charge in [0.25, 0.3) is 0 Å². The van der Waals surface area contributed by atoms with Crippen LogP contribution in [0.1, 0.15) is 0 Å². The highest BCUT2D eigenvalue weighted by atomic mass is 32.2. The summed E-state index contributed by atoms with van der Waals surface area (Å²) in [7, 11) is -3.74. The van der Waals surface area contributed by atoms with Gasteiger partial charge in [-0.25, -0.2) is 13.6 Å². The number of carbonyl (C=O) groups excluding carboxylic acids is 1. The molecule has 2 aliphatic rings. The Morgan fingerprint density at radius 3 is 2.42 bits per heavy atom. The second-order valence-electron chi connectivity index (χ2n) is 5.41. The molecule has 1 fully saturated rings. The van der Waals surface area contributed by atoms with E-state index in [-0.39, 0.29) is 10.0 Å². The second kappa shape index (κ2) is 6.73. The van der Waals surface area contributed by atoms with Crippen molar-refractivity contribution in [3.05, 3.63) is 35.0 Å². The van der Waals surface area contributed by atoms with E-state index < -0.39 is 16.1 Å². The Labute approximate surface area is 144 Å². The molecule has 0 saturated carbocycles. The van der Waals surface area contributed by atoms with Crippen LogP contribution in [-0.2, 0) is 19.6 Å². The van der Waals surface area contributed by atoms with Crippen LogP contribution in [0.5, 0.6) is 0 Å². The van der Waals surface area contributed by atoms with Crippen LogP contribution >= 0.6 is 11.8 Å². The highest BCUT2D eigenvalue weighted by Crippen LogP contribution is 2.35. The molecule has 0 spiro atoms. The number of nitrogens with one attached hydrogen (secondary N) is 1. The molecule has 1 unspecified atom stereocenters. The lowest BCUT2D eigenvalue weighted by molar-refractivity contribution is -0.111. The number of ether oxygens (including phenoxy) is 1. The van der Waals surface area contributed by atoms with Gasteiger partial charge in [0.05, 0.1) is 23.8 Å². The Bertz CT molecular complexity index is 770. The molecule has 1 aromatic carbocycles. The molecule has 5 N–H and O–H groups in total. The van der Waals surface area contributed by atoms with Crippen molar-refractivity contribution in [2.24, 2.45) is 10.9 Å². The van der Waals surface area contributed by atoms with Crippen LogP contribution in [0.25, 0.3) is 0 Å². The molecule has 2 heterocycles. The van der Waals surface area contributed by atoms with E-state index in [9.17, 15) is 13.2 Å². The van der Waals surface area contributed by atoms with E-state index >= 15 is 0 Å². The highest BCUT2D eigenvalue weighted by molar-refractivity contribution is 8.17. The molecule has 0 amide bonds. The predicted octanol–water partition coefficient (Wildman–Crippen LogP) is -0.152. The summed E-state index contributed by atoms with van der Waals surface area (Å²) in [5, 5.41) is 8.90. The maximum absolute atomic E-state index is 12.0. The third-order valence-corrected chi connectivity index (χ3v) is 5.81. The van der Waals surface area contributed by atoms with Gasteiger partial charge in [0.2, 0.25) is 15.1 Å². The van der Waals surface area contributed by atoms with Crippen molar-refractivity contribution in [2.75, 3.05) is 31.6 Å². The fraction of sp³-hybridized carbons (Fsp3) is 0.357. The summed E-state index contributed by atoms with van der Waals surface area (Å²) in [5.74, 6) is 0. The smallest absolute Gasteiger partial charge is 0.238 e.